The number of likely N-dealkylation sites (N-methyl/N-ethyl adjacent to an activating group) is 1. The minimum Gasteiger partial charge on any atom is -0.492 e. The molecule has 2 amide bonds. The first-order valence-electron chi connectivity index (χ1n) is 9.24. The number of halogens is 1. The molecule has 30 heavy (non-hydrogen) atoms. The zero-order chi connectivity index (χ0) is 23.1. The molecule has 3 N–H and O–H groups in total. The highest BCUT2D eigenvalue weighted by Crippen LogP contribution is 2.15. The van der Waals surface area contributed by atoms with E-state index >= 15 is 0 Å². The first-order chi connectivity index (χ1) is 14.0. The molecule has 0 aromatic heterocycles. The van der Waals surface area contributed by atoms with Gasteiger partial charge in [-0.05, 0) is 52.2 Å². The molecule has 0 saturated carbocycles. The smallest absolute Gasteiger partial charge is 0.328 e. The van der Waals surface area contributed by atoms with Gasteiger partial charge in [-0.2, -0.15) is 0 Å². The van der Waals surface area contributed by atoms with Gasteiger partial charge in [-0.25, -0.2) is 14.4 Å². The van der Waals surface area contributed by atoms with E-state index < -0.39 is 11.9 Å². The normalized spacial score (nSPS) is 10.5. The first-order valence-corrected chi connectivity index (χ1v) is 9.62. The third-order valence-corrected chi connectivity index (χ3v) is 3.75. The number of nitrogens with zero attached hydrogens (tertiary/aromatic N) is 2. The lowest BCUT2D eigenvalue weighted by Crippen LogP contribution is -2.47. The predicted molar refractivity (Wildman–Crippen MR) is 115 cm³/mol. The second-order valence-corrected chi connectivity index (χ2v) is 7.07. The van der Waals surface area contributed by atoms with E-state index in [4.69, 9.17) is 26.6 Å². The number of hydrogen-bond acceptors (Lipinski definition) is 5. The molecule has 1 aromatic carbocycles. The van der Waals surface area contributed by atoms with Gasteiger partial charge in [0.2, 0.25) is 0 Å². The van der Waals surface area contributed by atoms with Gasteiger partial charge in [0.1, 0.15) is 12.4 Å². The molecular weight excluding hydrogens is 414 g/mol. The number of ether oxygens (including phenoxy) is 1. The lowest BCUT2D eigenvalue weighted by atomic mass is 10.3. The molecule has 10 heteroatoms. The molecule has 0 radical (unpaired) electrons. The average Bonchev–Trinajstić information content (AvgIpc) is 2.64. The molecule has 0 fully saturated rings. The zero-order valence-corrected chi connectivity index (χ0v) is 18.4. The van der Waals surface area contributed by atoms with E-state index in [2.05, 4.69) is 5.32 Å². The Morgan fingerprint density at radius 3 is 2.03 bits per heavy atom. The van der Waals surface area contributed by atoms with Crippen molar-refractivity contribution in [1.29, 1.82) is 0 Å². The van der Waals surface area contributed by atoms with Crippen molar-refractivity contribution in [3.05, 3.63) is 41.4 Å². The lowest BCUT2D eigenvalue weighted by Gasteiger charge is -2.27. The van der Waals surface area contributed by atoms with Crippen LogP contribution in [-0.4, -0.2) is 84.4 Å². The van der Waals surface area contributed by atoms with Crippen LogP contribution in [0.15, 0.2) is 36.4 Å². The van der Waals surface area contributed by atoms with Crippen molar-refractivity contribution in [1.82, 2.24) is 15.1 Å². The number of rotatable bonds is 10. The number of benzene rings is 1. The van der Waals surface area contributed by atoms with Crippen LogP contribution in [0.1, 0.15) is 13.8 Å². The molecule has 0 aliphatic rings. The quantitative estimate of drug-likeness (QED) is 0.475. The summed E-state index contributed by atoms with van der Waals surface area (Å²) in [4.78, 5) is 35.1. The van der Waals surface area contributed by atoms with Crippen LogP contribution in [-0.2, 0) is 9.59 Å². The molecule has 0 aliphatic heterocycles. The Hall–Kier alpha value is -2.78. The standard InChI is InChI=1S/C16H26ClN3O2.C4H4O4/c1-13(2)20(16(21)18-9-10-19(3)4)11-12-22-15-7-5-14(17)6-8-15;5-3(6)1-2-4(7)8/h5-8,13H,9-12H2,1-4H3,(H,18,21);1-2H,(H,5,6)(H,7,8). The molecule has 0 bridgehead atoms. The summed E-state index contributed by atoms with van der Waals surface area (Å²) in [7, 11) is 3.96. The lowest BCUT2D eigenvalue weighted by molar-refractivity contribution is -0.134. The molecule has 0 unspecified atom stereocenters. The van der Waals surface area contributed by atoms with E-state index in [0.29, 0.717) is 36.9 Å². The Morgan fingerprint density at radius 1 is 1.07 bits per heavy atom. The summed E-state index contributed by atoms with van der Waals surface area (Å²) in [6.07, 6.45) is 1.12. The Labute approximate surface area is 181 Å². The number of hydrogen-bond donors (Lipinski definition) is 3. The largest absolute Gasteiger partial charge is 0.492 e. The van der Waals surface area contributed by atoms with Crippen LogP contribution in [0, 0.1) is 0 Å². The van der Waals surface area contributed by atoms with Crippen LogP contribution in [0.2, 0.25) is 5.02 Å². The Morgan fingerprint density at radius 2 is 1.60 bits per heavy atom. The van der Waals surface area contributed by atoms with Gasteiger partial charge in [-0.1, -0.05) is 11.6 Å². The molecule has 0 heterocycles. The SMILES string of the molecule is CC(C)N(CCOc1ccc(Cl)cc1)C(=O)NCCN(C)C.O=C(O)C=CC(=O)O. The molecule has 0 spiro atoms. The fourth-order valence-corrected chi connectivity index (χ4v) is 2.14. The number of carbonyl (C=O) groups excluding carboxylic acids is 1. The van der Waals surface area contributed by atoms with Gasteiger partial charge in [0, 0.05) is 36.3 Å². The van der Waals surface area contributed by atoms with Crippen LogP contribution in [0.25, 0.3) is 0 Å². The Balaban J connectivity index is 0.000000890. The van der Waals surface area contributed by atoms with E-state index in [9.17, 15) is 14.4 Å². The van der Waals surface area contributed by atoms with E-state index in [1.54, 1.807) is 17.0 Å². The van der Waals surface area contributed by atoms with Gasteiger partial charge in [-0.3, -0.25) is 0 Å². The second kappa shape index (κ2) is 15.1. The van der Waals surface area contributed by atoms with Crippen molar-refractivity contribution in [2.24, 2.45) is 0 Å². The molecule has 0 atom stereocenters. The van der Waals surface area contributed by atoms with Crippen LogP contribution in [0.5, 0.6) is 5.75 Å². The molecule has 0 saturated heterocycles. The van der Waals surface area contributed by atoms with Crippen molar-refractivity contribution < 1.29 is 29.3 Å². The number of nitrogens with one attached hydrogen (secondary N) is 1. The van der Waals surface area contributed by atoms with E-state index in [-0.39, 0.29) is 12.1 Å². The van der Waals surface area contributed by atoms with Crippen LogP contribution < -0.4 is 10.1 Å². The summed E-state index contributed by atoms with van der Waals surface area (Å²) in [6, 6.07) is 7.26. The summed E-state index contributed by atoms with van der Waals surface area (Å²) in [5.41, 5.74) is 0. The number of carboxylic acids is 2. The maximum Gasteiger partial charge on any atom is 0.328 e. The van der Waals surface area contributed by atoms with Crippen LogP contribution in [0.3, 0.4) is 0 Å². The van der Waals surface area contributed by atoms with Gasteiger partial charge in [0.15, 0.2) is 0 Å². The number of urea groups is 1. The second-order valence-electron chi connectivity index (χ2n) is 6.63. The van der Waals surface area contributed by atoms with E-state index in [0.717, 1.165) is 12.3 Å². The highest BCUT2D eigenvalue weighted by Gasteiger charge is 2.16. The van der Waals surface area contributed by atoms with Crippen LogP contribution in [0.4, 0.5) is 4.79 Å². The maximum absolute atomic E-state index is 12.2. The highest BCUT2D eigenvalue weighted by molar-refractivity contribution is 6.30. The number of carboxylic acid groups (broad SMARTS) is 2. The van der Waals surface area contributed by atoms with Crippen LogP contribution >= 0.6 is 11.6 Å². The summed E-state index contributed by atoms with van der Waals surface area (Å²) in [6.45, 7) is 6.42. The van der Waals surface area contributed by atoms with E-state index in [1.807, 2.05) is 45.0 Å². The molecule has 0 aliphatic carbocycles. The van der Waals surface area contributed by atoms with Gasteiger partial charge >= 0.3 is 18.0 Å². The topological polar surface area (TPSA) is 119 Å². The van der Waals surface area contributed by atoms with Gasteiger partial charge in [0.05, 0.1) is 6.54 Å². The molecular formula is C20H30ClN3O6. The van der Waals surface area contributed by atoms with Crippen molar-refractivity contribution in [2.45, 2.75) is 19.9 Å². The highest BCUT2D eigenvalue weighted by atomic mass is 35.5. The Kier molecular flexibility index (Phi) is 13.7. The number of aliphatic carboxylic acids is 2. The summed E-state index contributed by atoms with van der Waals surface area (Å²) < 4.78 is 5.65. The molecule has 1 rings (SSSR count). The fraction of sp³-hybridized carbons (Fsp3) is 0.450. The summed E-state index contributed by atoms with van der Waals surface area (Å²) in [5.74, 6) is -1.76. The van der Waals surface area contributed by atoms with Crippen molar-refractivity contribution in [2.75, 3.05) is 40.3 Å². The molecule has 9 nitrogen and oxygen atoms in total. The van der Waals surface area contributed by atoms with Gasteiger partial charge in [-0.15, -0.1) is 0 Å². The molecule has 168 valence electrons. The summed E-state index contributed by atoms with van der Waals surface area (Å²) >= 11 is 5.83. The van der Waals surface area contributed by atoms with Crippen molar-refractivity contribution in [3.8, 4) is 5.75 Å². The number of amides is 2. The number of carbonyl (C=O) groups is 3. The first kappa shape index (κ1) is 27.2. The third-order valence-electron chi connectivity index (χ3n) is 3.50. The maximum atomic E-state index is 12.2. The van der Waals surface area contributed by atoms with Gasteiger partial charge in [0.25, 0.3) is 0 Å². The molecule has 1 aromatic rings. The zero-order valence-electron chi connectivity index (χ0n) is 17.7. The fourth-order valence-electron chi connectivity index (χ4n) is 2.02. The predicted octanol–water partition coefficient (Wildman–Crippen LogP) is 2.41. The van der Waals surface area contributed by atoms with Crippen molar-refractivity contribution in [3.63, 3.8) is 0 Å². The third kappa shape index (κ3) is 14.3. The van der Waals surface area contributed by atoms with E-state index in [1.165, 1.54) is 0 Å². The van der Waals surface area contributed by atoms with Crippen molar-refractivity contribution >= 4 is 29.6 Å². The average molecular weight is 444 g/mol. The summed E-state index contributed by atoms with van der Waals surface area (Å²) in [5, 5.41) is 19.2. The Bertz CT molecular complexity index is 676. The van der Waals surface area contributed by atoms with Gasteiger partial charge < -0.3 is 30.1 Å². The minimum absolute atomic E-state index is 0.0587. The minimum atomic E-state index is -1.26. The monoisotopic (exact) mass is 443 g/mol.